The van der Waals surface area contributed by atoms with Gasteiger partial charge < -0.3 is 9.80 Å². The minimum Gasteiger partial charge on any atom is -0.353 e. The highest BCUT2D eigenvalue weighted by atomic mass is 79.9. The molecule has 27 heavy (non-hydrogen) atoms. The monoisotopic (exact) mass is 426 g/mol. The van der Waals surface area contributed by atoms with E-state index in [1.165, 1.54) is 0 Å². The second kappa shape index (κ2) is 7.48. The minimum absolute atomic E-state index is 0.0614. The lowest BCUT2D eigenvalue weighted by molar-refractivity contribution is 0.0746. The van der Waals surface area contributed by atoms with Gasteiger partial charge in [0.25, 0.3) is 5.91 Å². The van der Waals surface area contributed by atoms with Crippen molar-refractivity contribution in [3.63, 3.8) is 0 Å². The van der Waals surface area contributed by atoms with E-state index in [1.54, 1.807) is 11.0 Å². The summed E-state index contributed by atoms with van der Waals surface area (Å²) in [6.45, 7) is 4.72. The molecule has 1 amide bonds. The zero-order valence-electron chi connectivity index (χ0n) is 14.9. The van der Waals surface area contributed by atoms with E-state index in [0.717, 1.165) is 34.9 Å². The lowest BCUT2D eigenvalue weighted by Gasteiger charge is -2.35. The number of carbonyl (C=O) groups is 1. The SMILES string of the molecule is Cc1ccn(-c2cc(N3CCN(C(=O)c4cccc(Br)c4)CC3)ncn2)n1. The summed E-state index contributed by atoms with van der Waals surface area (Å²) in [6.07, 6.45) is 3.44. The molecule has 0 atom stereocenters. The Morgan fingerprint density at radius 3 is 2.52 bits per heavy atom. The van der Waals surface area contributed by atoms with Gasteiger partial charge in [0.1, 0.15) is 12.1 Å². The normalized spacial score (nSPS) is 14.4. The van der Waals surface area contributed by atoms with Gasteiger partial charge in [-0.05, 0) is 31.2 Å². The molecule has 3 heterocycles. The summed E-state index contributed by atoms with van der Waals surface area (Å²) in [5.74, 6) is 1.65. The number of piperazine rings is 1. The molecule has 2 aromatic heterocycles. The number of nitrogens with zero attached hydrogens (tertiary/aromatic N) is 6. The summed E-state index contributed by atoms with van der Waals surface area (Å²) in [6, 6.07) is 11.4. The number of hydrogen-bond acceptors (Lipinski definition) is 5. The van der Waals surface area contributed by atoms with Crippen LogP contribution in [0.4, 0.5) is 5.82 Å². The fraction of sp³-hybridized carbons (Fsp3) is 0.263. The topological polar surface area (TPSA) is 67.2 Å². The summed E-state index contributed by atoms with van der Waals surface area (Å²) in [7, 11) is 0. The van der Waals surface area contributed by atoms with Crippen LogP contribution in [-0.4, -0.2) is 56.7 Å². The Morgan fingerprint density at radius 1 is 1.04 bits per heavy atom. The number of benzene rings is 1. The van der Waals surface area contributed by atoms with Gasteiger partial charge in [0.2, 0.25) is 0 Å². The van der Waals surface area contributed by atoms with Crippen LogP contribution in [0.3, 0.4) is 0 Å². The third-order valence-corrected chi connectivity index (χ3v) is 5.05. The van der Waals surface area contributed by atoms with E-state index in [4.69, 9.17) is 0 Å². The van der Waals surface area contributed by atoms with Crippen molar-refractivity contribution in [2.24, 2.45) is 0 Å². The molecule has 3 aromatic rings. The largest absolute Gasteiger partial charge is 0.353 e. The maximum absolute atomic E-state index is 12.7. The van der Waals surface area contributed by atoms with Crippen molar-refractivity contribution in [1.29, 1.82) is 0 Å². The van der Waals surface area contributed by atoms with Crippen LogP contribution in [0, 0.1) is 6.92 Å². The third-order valence-electron chi connectivity index (χ3n) is 4.56. The van der Waals surface area contributed by atoms with Crippen LogP contribution >= 0.6 is 15.9 Å². The quantitative estimate of drug-likeness (QED) is 0.643. The Labute approximate surface area is 165 Å². The Morgan fingerprint density at radius 2 is 1.81 bits per heavy atom. The van der Waals surface area contributed by atoms with Crippen LogP contribution in [-0.2, 0) is 0 Å². The van der Waals surface area contributed by atoms with Crippen LogP contribution in [0.1, 0.15) is 16.1 Å². The molecule has 0 radical (unpaired) electrons. The lowest BCUT2D eigenvalue weighted by atomic mass is 10.2. The van der Waals surface area contributed by atoms with Crippen molar-refractivity contribution in [3.8, 4) is 5.82 Å². The molecule has 0 unspecified atom stereocenters. The van der Waals surface area contributed by atoms with E-state index in [2.05, 4.69) is 35.9 Å². The molecule has 138 valence electrons. The first-order valence-corrected chi connectivity index (χ1v) is 9.54. The first-order chi connectivity index (χ1) is 13.1. The average Bonchev–Trinajstić information content (AvgIpc) is 3.14. The van der Waals surface area contributed by atoms with Gasteiger partial charge in [0.15, 0.2) is 5.82 Å². The molecule has 0 aliphatic carbocycles. The molecule has 0 N–H and O–H groups in total. The standard InChI is InChI=1S/C19H19BrN6O/c1-14-5-6-26(23-14)18-12-17(21-13-22-18)24-7-9-25(10-8-24)19(27)15-3-2-4-16(20)11-15/h2-6,11-13H,7-10H2,1H3. The molecule has 0 saturated carbocycles. The first-order valence-electron chi connectivity index (χ1n) is 8.74. The van der Waals surface area contributed by atoms with Crippen molar-refractivity contribution in [3.05, 3.63) is 64.7 Å². The van der Waals surface area contributed by atoms with E-state index >= 15 is 0 Å². The fourth-order valence-corrected chi connectivity index (χ4v) is 3.52. The van der Waals surface area contributed by atoms with E-state index in [1.807, 2.05) is 54.4 Å². The molecule has 4 rings (SSSR count). The third kappa shape index (κ3) is 3.85. The second-order valence-corrected chi connectivity index (χ2v) is 7.34. The number of aromatic nitrogens is 4. The molecule has 1 saturated heterocycles. The average molecular weight is 427 g/mol. The van der Waals surface area contributed by atoms with E-state index in [9.17, 15) is 4.79 Å². The number of halogens is 1. The van der Waals surface area contributed by atoms with Crippen LogP contribution in [0.5, 0.6) is 0 Å². The Kier molecular flexibility index (Phi) is 4.89. The van der Waals surface area contributed by atoms with Crippen molar-refractivity contribution < 1.29 is 4.79 Å². The van der Waals surface area contributed by atoms with Gasteiger partial charge in [-0.25, -0.2) is 14.6 Å². The van der Waals surface area contributed by atoms with Gasteiger partial charge in [-0.15, -0.1) is 0 Å². The summed E-state index contributed by atoms with van der Waals surface area (Å²) >= 11 is 3.42. The van der Waals surface area contributed by atoms with Gasteiger partial charge >= 0.3 is 0 Å². The molecule has 1 fully saturated rings. The molecular formula is C19H19BrN6O. The van der Waals surface area contributed by atoms with Gasteiger partial charge in [-0.2, -0.15) is 5.10 Å². The molecule has 1 aliphatic heterocycles. The molecule has 0 bridgehead atoms. The smallest absolute Gasteiger partial charge is 0.254 e. The highest BCUT2D eigenvalue weighted by molar-refractivity contribution is 9.10. The predicted molar refractivity (Wildman–Crippen MR) is 106 cm³/mol. The number of rotatable bonds is 3. The minimum atomic E-state index is 0.0614. The zero-order chi connectivity index (χ0) is 18.8. The molecule has 1 aromatic carbocycles. The summed E-state index contributed by atoms with van der Waals surface area (Å²) in [5.41, 5.74) is 1.64. The van der Waals surface area contributed by atoms with Crippen LogP contribution in [0.2, 0.25) is 0 Å². The highest BCUT2D eigenvalue weighted by Crippen LogP contribution is 2.18. The van der Waals surface area contributed by atoms with Crippen LogP contribution in [0.15, 0.2) is 53.4 Å². The Hall–Kier alpha value is -2.74. The van der Waals surface area contributed by atoms with Crippen molar-refractivity contribution in [2.75, 3.05) is 31.1 Å². The molecular weight excluding hydrogens is 408 g/mol. The van der Waals surface area contributed by atoms with E-state index in [-0.39, 0.29) is 5.91 Å². The van der Waals surface area contributed by atoms with Crippen molar-refractivity contribution in [1.82, 2.24) is 24.6 Å². The Balaban J connectivity index is 1.44. The second-order valence-electron chi connectivity index (χ2n) is 6.43. The Bertz CT molecular complexity index is 964. The fourth-order valence-electron chi connectivity index (χ4n) is 3.12. The van der Waals surface area contributed by atoms with Gasteiger partial charge in [0.05, 0.1) is 5.69 Å². The van der Waals surface area contributed by atoms with E-state index < -0.39 is 0 Å². The van der Waals surface area contributed by atoms with Gasteiger partial charge in [-0.3, -0.25) is 4.79 Å². The molecule has 7 nitrogen and oxygen atoms in total. The summed E-state index contributed by atoms with van der Waals surface area (Å²) in [4.78, 5) is 25.4. The molecule has 1 aliphatic rings. The number of aryl methyl sites for hydroxylation is 1. The maximum Gasteiger partial charge on any atom is 0.254 e. The van der Waals surface area contributed by atoms with E-state index in [0.29, 0.717) is 18.7 Å². The van der Waals surface area contributed by atoms with Crippen LogP contribution in [0.25, 0.3) is 5.82 Å². The van der Waals surface area contributed by atoms with Crippen molar-refractivity contribution >= 4 is 27.7 Å². The molecule has 0 spiro atoms. The maximum atomic E-state index is 12.7. The first kappa shape index (κ1) is 17.7. The number of hydrogen-bond donors (Lipinski definition) is 0. The number of carbonyl (C=O) groups excluding carboxylic acids is 1. The number of amides is 1. The summed E-state index contributed by atoms with van der Waals surface area (Å²) in [5, 5.41) is 4.39. The molecule has 8 heteroatoms. The predicted octanol–water partition coefficient (Wildman–Crippen LogP) is 2.70. The zero-order valence-corrected chi connectivity index (χ0v) is 16.5. The van der Waals surface area contributed by atoms with Crippen molar-refractivity contribution in [2.45, 2.75) is 6.92 Å². The van der Waals surface area contributed by atoms with Gasteiger partial charge in [0, 0.05) is 48.5 Å². The highest BCUT2D eigenvalue weighted by Gasteiger charge is 2.23. The lowest BCUT2D eigenvalue weighted by Crippen LogP contribution is -2.49. The van der Waals surface area contributed by atoms with Crippen LogP contribution < -0.4 is 4.90 Å². The number of anilines is 1. The summed E-state index contributed by atoms with van der Waals surface area (Å²) < 4.78 is 2.66. The van der Waals surface area contributed by atoms with Gasteiger partial charge in [-0.1, -0.05) is 22.0 Å².